The Bertz CT molecular complexity index is 545. The predicted molar refractivity (Wildman–Crippen MR) is 77.7 cm³/mol. The molecule has 1 saturated heterocycles. The van der Waals surface area contributed by atoms with Crippen LogP contribution in [0, 0.1) is 0 Å². The lowest BCUT2D eigenvalue weighted by Gasteiger charge is -2.16. The molecule has 0 radical (unpaired) electrons. The molecular formula is C14H22N3O5-. The summed E-state index contributed by atoms with van der Waals surface area (Å²) >= 11 is 0. The minimum atomic E-state index is -1.35. The maximum absolute atomic E-state index is 11.8. The van der Waals surface area contributed by atoms with Gasteiger partial charge in [0.2, 0.25) is 0 Å². The van der Waals surface area contributed by atoms with Crippen LogP contribution in [0.15, 0.2) is 22.9 Å². The van der Waals surface area contributed by atoms with E-state index in [1.54, 1.807) is 6.07 Å². The number of allylic oxidation sites excluding steroid dienone is 1. The van der Waals surface area contributed by atoms with Gasteiger partial charge in [-0.3, -0.25) is 4.90 Å². The zero-order valence-electron chi connectivity index (χ0n) is 13.4. The normalized spacial score (nSPS) is 21.7. The molecule has 8 nitrogen and oxygen atoms in total. The molecule has 1 aliphatic heterocycles. The first-order valence-electron chi connectivity index (χ1n) is 6.68. The molecule has 2 heterocycles. The molecular weight excluding hydrogens is 290 g/mol. The van der Waals surface area contributed by atoms with E-state index in [9.17, 15) is 20.1 Å². The van der Waals surface area contributed by atoms with E-state index < -0.39 is 18.5 Å². The van der Waals surface area contributed by atoms with Gasteiger partial charge in [-0.15, -0.1) is 12.3 Å². The molecule has 0 spiro atoms. The molecule has 1 aromatic heterocycles. The number of hydrogen-bond acceptors (Lipinski definition) is 6. The Morgan fingerprint density at radius 1 is 1.41 bits per heavy atom. The lowest BCUT2D eigenvalue weighted by molar-refractivity contribution is -0.300. The molecule has 124 valence electrons. The molecule has 8 heteroatoms. The first-order chi connectivity index (χ1) is 9.96. The van der Waals surface area contributed by atoms with Crippen LogP contribution < -0.4 is 10.0 Å². The largest absolute Gasteiger partial charge is 0.876 e. The Kier molecular flexibility index (Phi) is 5.21. The van der Waals surface area contributed by atoms with Crippen molar-refractivity contribution in [3.05, 3.63) is 24.2 Å². The number of amides is 2. The number of carbonyl (C=O) groups is 1. The van der Waals surface area contributed by atoms with Gasteiger partial charge in [-0.2, -0.15) is 0 Å². The number of aliphatic hydroxyl groups is 2. The van der Waals surface area contributed by atoms with Crippen LogP contribution in [0.3, 0.4) is 0 Å². The summed E-state index contributed by atoms with van der Waals surface area (Å²) in [5.41, 5.74) is -0.247. The average molecular weight is 312 g/mol. The average Bonchev–Trinajstić information content (AvgIpc) is 2.91. The number of rotatable bonds is 1. The minimum absolute atomic E-state index is 0.0833. The van der Waals surface area contributed by atoms with E-state index in [1.807, 2.05) is 20.8 Å². The van der Waals surface area contributed by atoms with Crippen LogP contribution in [0.2, 0.25) is 0 Å². The summed E-state index contributed by atoms with van der Waals surface area (Å²) in [5.74, 6) is 0.711. The number of urea groups is 1. The van der Waals surface area contributed by atoms with Gasteiger partial charge in [0.05, 0.1) is 0 Å². The van der Waals surface area contributed by atoms with E-state index >= 15 is 0 Å². The third-order valence-corrected chi connectivity index (χ3v) is 2.92. The molecule has 0 saturated carbocycles. The molecule has 2 unspecified atom stereocenters. The molecule has 1 aromatic rings. The molecule has 1 aliphatic rings. The van der Waals surface area contributed by atoms with Crippen LogP contribution in [0.5, 0.6) is 0 Å². The maximum atomic E-state index is 11.8. The highest BCUT2D eigenvalue weighted by Crippen LogP contribution is 2.30. The number of carbonyl (C=O) groups excluding carboxylic acids is 1. The van der Waals surface area contributed by atoms with Crippen LogP contribution in [0.25, 0.3) is 0 Å². The molecule has 0 aromatic carbocycles. The fourth-order valence-corrected chi connectivity index (χ4v) is 1.70. The molecule has 0 bridgehead atoms. The first kappa shape index (κ1) is 18.0. The standard InChI is InChI=1S/C11H17N3O4.C3H6O/c1-11(2,3)6-5-7(12-18-6)14-9(16)8(15)13(4)10(14)17;1-3(2)4/h5,8-9,15-16H,1-4H3;4H,1H2,2H3/p-1. The van der Waals surface area contributed by atoms with Crippen molar-refractivity contribution in [1.29, 1.82) is 0 Å². The summed E-state index contributed by atoms with van der Waals surface area (Å²) in [4.78, 5) is 13.9. The van der Waals surface area contributed by atoms with Gasteiger partial charge in [0.1, 0.15) is 5.76 Å². The Balaban J connectivity index is 0.000000541. The number of hydrogen-bond donors (Lipinski definition) is 2. The Labute approximate surface area is 129 Å². The molecule has 2 atom stereocenters. The second-order valence-electron chi connectivity index (χ2n) is 6.09. The summed E-state index contributed by atoms with van der Waals surface area (Å²) in [6.07, 6.45) is -2.62. The summed E-state index contributed by atoms with van der Waals surface area (Å²) in [5, 5.41) is 32.5. The Morgan fingerprint density at radius 3 is 2.23 bits per heavy atom. The van der Waals surface area contributed by atoms with Gasteiger partial charge in [-0.1, -0.05) is 32.9 Å². The van der Waals surface area contributed by atoms with Gasteiger partial charge in [0.15, 0.2) is 18.3 Å². The fourth-order valence-electron chi connectivity index (χ4n) is 1.70. The smallest absolute Gasteiger partial charge is 0.329 e. The lowest BCUT2D eigenvalue weighted by Crippen LogP contribution is -2.36. The van der Waals surface area contributed by atoms with Crippen molar-refractivity contribution < 1.29 is 24.6 Å². The second-order valence-corrected chi connectivity index (χ2v) is 6.09. The lowest BCUT2D eigenvalue weighted by atomic mass is 9.93. The number of aliphatic hydroxyl groups excluding tert-OH is 2. The van der Waals surface area contributed by atoms with Gasteiger partial charge in [0.25, 0.3) is 0 Å². The molecule has 2 amide bonds. The van der Waals surface area contributed by atoms with Crippen molar-refractivity contribution in [2.75, 3.05) is 11.9 Å². The van der Waals surface area contributed by atoms with Crippen molar-refractivity contribution in [1.82, 2.24) is 10.1 Å². The molecule has 1 fully saturated rings. The van der Waals surface area contributed by atoms with Gasteiger partial charge in [-0.05, 0) is 0 Å². The van der Waals surface area contributed by atoms with Crippen molar-refractivity contribution in [2.45, 2.75) is 45.6 Å². The number of likely N-dealkylation sites (N-methyl/N-ethyl adjacent to an activating group) is 1. The summed E-state index contributed by atoms with van der Waals surface area (Å²) in [7, 11) is 1.40. The first-order valence-corrected chi connectivity index (χ1v) is 6.68. The van der Waals surface area contributed by atoms with Crippen molar-refractivity contribution in [3.8, 4) is 0 Å². The third-order valence-electron chi connectivity index (χ3n) is 2.92. The molecule has 2 rings (SSSR count). The van der Waals surface area contributed by atoms with Crippen LogP contribution in [-0.2, 0) is 5.41 Å². The van der Waals surface area contributed by atoms with Crippen molar-refractivity contribution in [2.24, 2.45) is 0 Å². The van der Waals surface area contributed by atoms with Gasteiger partial charge < -0.3 is 19.8 Å². The van der Waals surface area contributed by atoms with E-state index in [0.29, 0.717) is 5.76 Å². The molecule has 0 aliphatic carbocycles. The maximum Gasteiger partial charge on any atom is 0.329 e. The fraction of sp³-hybridized carbons (Fsp3) is 0.571. The van der Waals surface area contributed by atoms with Crippen molar-refractivity contribution in [3.63, 3.8) is 0 Å². The van der Waals surface area contributed by atoms with E-state index in [0.717, 1.165) is 9.80 Å². The summed E-state index contributed by atoms with van der Waals surface area (Å²) in [6, 6.07) is 1.07. The topological polar surface area (TPSA) is 113 Å². The Hall–Kier alpha value is -2.06. The van der Waals surface area contributed by atoms with Gasteiger partial charge in [-0.25, -0.2) is 9.69 Å². The monoisotopic (exact) mass is 312 g/mol. The Morgan fingerprint density at radius 2 is 1.91 bits per heavy atom. The predicted octanol–water partition coefficient (Wildman–Crippen LogP) is 0.361. The summed E-state index contributed by atoms with van der Waals surface area (Å²) in [6.45, 7) is 10.3. The van der Waals surface area contributed by atoms with Crippen LogP contribution in [-0.4, -0.2) is 45.8 Å². The van der Waals surface area contributed by atoms with Gasteiger partial charge in [0, 0.05) is 18.5 Å². The summed E-state index contributed by atoms with van der Waals surface area (Å²) < 4.78 is 5.15. The van der Waals surface area contributed by atoms with E-state index in [2.05, 4.69) is 11.7 Å². The van der Waals surface area contributed by atoms with Crippen LogP contribution >= 0.6 is 0 Å². The second kappa shape index (κ2) is 6.37. The number of aromatic nitrogens is 1. The zero-order valence-corrected chi connectivity index (χ0v) is 13.4. The highest BCUT2D eigenvalue weighted by Gasteiger charge is 2.44. The highest BCUT2D eigenvalue weighted by molar-refractivity contribution is 5.93. The van der Waals surface area contributed by atoms with E-state index in [-0.39, 0.29) is 17.0 Å². The van der Waals surface area contributed by atoms with Crippen molar-refractivity contribution >= 4 is 11.8 Å². The third kappa shape index (κ3) is 3.77. The minimum Gasteiger partial charge on any atom is -0.876 e. The SMILES string of the molecule is C=C(C)[O-].CN1C(=O)N(c2cc(C(C)(C)C)on2)C(O)C1O. The number of anilines is 1. The van der Waals surface area contributed by atoms with E-state index in [4.69, 9.17) is 4.52 Å². The van der Waals surface area contributed by atoms with Gasteiger partial charge >= 0.3 is 6.03 Å². The van der Waals surface area contributed by atoms with E-state index in [1.165, 1.54) is 14.0 Å². The highest BCUT2D eigenvalue weighted by atomic mass is 16.5. The zero-order chi connectivity index (χ0) is 17.2. The van der Waals surface area contributed by atoms with Crippen LogP contribution in [0.4, 0.5) is 10.6 Å². The molecule has 2 N–H and O–H groups in total. The quantitative estimate of drug-likeness (QED) is 0.724. The molecule has 22 heavy (non-hydrogen) atoms. The van der Waals surface area contributed by atoms with Crippen LogP contribution in [0.1, 0.15) is 33.5 Å². The number of nitrogens with zero attached hydrogens (tertiary/aromatic N) is 3.